The van der Waals surface area contributed by atoms with Gasteiger partial charge in [0.2, 0.25) is 5.90 Å². The number of hydrogen-bond acceptors (Lipinski definition) is 2. The second-order valence-corrected chi connectivity index (χ2v) is 2.65. The summed E-state index contributed by atoms with van der Waals surface area (Å²) in [4.78, 5) is 0. The zero-order chi connectivity index (χ0) is 8.97. The summed E-state index contributed by atoms with van der Waals surface area (Å²) in [6.45, 7) is 2.33. The van der Waals surface area contributed by atoms with Crippen molar-refractivity contribution in [1.82, 2.24) is 0 Å². The molecule has 0 saturated heterocycles. The highest BCUT2D eigenvalue weighted by atomic mass is 35.5. The Morgan fingerprint density at radius 1 is 1.50 bits per heavy atom. The van der Waals surface area contributed by atoms with Gasteiger partial charge in [0.15, 0.2) is 0 Å². The number of nitrogens with one attached hydrogen (secondary N) is 1. The lowest BCUT2D eigenvalue weighted by Crippen LogP contribution is -2.04. The molecule has 3 heteroatoms. The van der Waals surface area contributed by atoms with Crippen molar-refractivity contribution < 1.29 is 4.74 Å². The lowest BCUT2D eigenvalue weighted by Gasteiger charge is -2.05. The van der Waals surface area contributed by atoms with E-state index in [1.807, 2.05) is 19.1 Å². The van der Waals surface area contributed by atoms with E-state index in [-0.39, 0.29) is 5.90 Å². The molecule has 1 N–H and O–H groups in total. The lowest BCUT2D eigenvalue weighted by molar-refractivity contribution is 0.325. The standard InChI is InChI=1S/C9H10ClNO/c1-2-12-9(11)7-5-3-4-6-8(7)10/h3-6,11H,2H2,1H3. The molecular formula is C9H10ClNO. The molecule has 0 spiro atoms. The Morgan fingerprint density at radius 3 is 2.75 bits per heavy atom. The van der Waals surface area contributed by atoms with E-state index in [0.717, 1.165) is 0 Å². The van der Waals surface area contributed by atoms with Crippen molar-refractivity contribution in [2.45, 2.75) is 6.92 Å². The van der Waals surface area contributed by atoms with Crippen LogP contribution in [0.25, 0.3) is 0 Å². The first kappa shape index (κ1) is 9.07. The first-order chi connectivity index (χ1) is 5.75. The van der Waals surface area contributed by atoms with Crippen LogP contribution in [0.15, 0.2) is 24.3 Å². The Bertz CT molecular complexity index is 286. The van der Waals surface area contributed by atoms with Gasteiger partial charge in [0.25, 0.3) is 0 Å². The van der Waals surface area contributed by atoms with Crippen LogP contribution in [-0.4, -0.2) is 12.5 Å². The Hall–Kier alpha value is -1.02. The quantitative estimate of drug-likeness (QED) is 0.555. The Labute approximate surface area is 76.6 Å². The molecule has 1 aromatic carbocycles. The molecule has 64 valence electrons. The second kappa shape index (κ2) is 4.12. The number of ether oxygens (including phenoxy) is 1. The first-order valence-electron chi connectivity index (χ1n) is 3.72. The van der Waals surface area contributed by atoms with Crippen LogP contribution in [-0.2, 0) is 4.74 Å². The number of benzene rings is 1. The molecule has 0 aliphatic rings. The van der Waals surface area contributed by atoms with Gasteiger partial charge in [-0.05, 0) is 19.1 Å². The summed E-state index contributed by atoms with van der Waals surface area (Å²) in [6.07, 6.45) is 0. The minimum atomic E-state index is 0.128. The van der Waals surface area contributed by atoms with Crippen LogP contribution in [0.1, 0.15) is 12.5 Å². The maximum absolute atomic E-state index is 7.46. The zero-order valence-electron chi connectivity index (χ0n) is 6.80. The minimum absolute atomic E-state index is 0.128. The third kappa shape index (κ3) is 1.98. The second-order valence-electron chi connectivity index (χ2n) is 2.24. The predicted octanol–water partition coefficient (Wildman–Crippen LogP) is 2.70. The van der Waals surface area contributed by atoms with Crippen molar-refractivity contribution in [2.75, 3.05) is 6.61 Å². The van der Waals surface area contributed by atoms with Gasteiger partial charge in [-0.1, -0.05) is 23.7 Å². The Kier molecular flexibility index (Phi) is 3.11. The molecule has 0 radical (unpaired) electrons. The smallest absolute Gasteiger partial charge is 0.214 e. The van der Waals surface area contributed by atoms with E-state index >= 15 is 0 Å². The molecule has 0 aliphatic carbocycles. The summed E-state index contributed by atoms with van der Waals surface area (Å²) in [5.41, 5.74) is 0.640. The van der Waals surface area contributed by atoms with Gasteiger partial charge >= 0.3 is 0 Å². The topological polar surface area (TPSA) is 33.1 Å². The number of rotatable bonds is 2. The average molecular weight is 184 g/mol. The summed E-state index contributed by atoms with van der Waals surface area (Å²) in [6, 6.07) is 7.16. The van der Waals surface area contributed by atoms with E-state index in [4.69, 9.17) is 21.7 Å². The third-order valence-electron chi connectivity index (χ3n) is 1.41. The van der Waals surface area contributed by atoms with Crippen molar-refractivity contribution in [3.8, 4) is 0 Å². The van der Waals surface area contributed by atoms with Gasteiger partial charge in [-0.15, -0.1) is 0 Å². The average Bonchev–Trinajstić information content (AvgIpc) is 2.05. The summed E-state index contributed by atoms with van der Waals surface area (Å²) in [5, 5.41) is 8.02. The van der Waals surface area contributed by atoms with E-state index < -0.39 is 0 Å². The van der Waals surface area contributed by atoms with E-state index in [1.54, 1.807) is 12.1 Å². The van der Waals surface area contributed by atoms with Gasteiger partial charge in [-0.3, -0.25) is 5.41 Å². The first-order valence-corrected chi connectivity index (χ1v) is 4.09. The van der Waals surface area contributed by atoms with Crippen LogP contribution in [0.3, 0.4) is 0 Å². The van der Waals surface area contributed by atoms with Gasteiger partial charge in [0.05, 0.1) is 17.2 Å². The molecule has 0 atom stereocenters. The molecule has 0 bridgehead atoms. The van der Waals surface area contributed by atoms with Crippen LogP contribution < -0.4 is 0 Å². The highest BCUT2D eigenvalue weighted by Crippen LogP contribution is 2.15. The van der Waals surface area contributed by atoms with Gasteiger partial charge < -0.3 is 4.74 Å². The Balaban J connectivity index is 2.87. The molecule has 0 aliphatic heterocycles. The minimum Gasteiger partial charge on any atom is -0.478 e. The largest absolute Gasteiger partial charge is 0.478 e. The van der Waals surface area contributed by atoms with Crippen LogP contribution in [0, 0.1) is 5.41 Å². The molecule has 0 saturated carbocycles. The maximum Gasteiger partial charge on any atom is 0.214 e. The van der Waals surface area contributed by atoms with Crippen LogP contribution in [0.2, 0.25) is 5.02 Å². The van der Waals surface area contributed by atoms with Gasteiger partial charge in [-0.25, -0.2) is 0 Å². The fourth-order valence-electron chi connectivity index (χ4n) is 0.867. The van der Waals surface area contributed by atoms with E-state index in [2.05, 4.69) is 0 Å². The molecule has 0 heterocycles. The van der Waals surface area contributed by atoms with Crippen LogP contribution in [0.4, 0.5) is 0 Å². The molecule has 0 unspecified atom stereocenters. The lowest BCUT2D eigenvalue weighted by atomic mass is 10.2. The molecule has 0 fully saturated rings. The summed E-state index contributed by atoms with van der Waals surface area (Å²) in [7, 11) is 0. The number of halogens is 1. The predicted molar refractivity (Wildman–Crippen MR) is 49.9 cm³/mol. The maximum atomic E-state index is 7.46. The van der Waals surface area contributed by atoms with Crippen molar-refractivity contribution >= 4 is 17.5 Å². The summed E-state index contributed by atoms with van der Waals surface area (Å²) >= 11 is 5.83. The molecule has 0 aromatic heterocycles. The summed E-state index contributed by atoms with van der Waals surface area (Å²) in [5.74, 6) is 0.128. The van der Waals surface area contributed by atoms with E-state index in [9.17, 15) is 0 Å². The third-order valence-corrected chi connectivity index (χ3v) is 1.74. The van der Waals surface area contributed by atoms with Crippen molar-refractivity contribution in [3.05, 3.63) is 34.9 Å². The molecule has 1 rings (SSSR count). The fraction of sp³-hybridized carbons (Fsp3) is 0.222. The SMILES string of the molecule is CCOC(=N)c1ccccc1Cl. The fourth-order valence-corrected chi connectivity index (χ4v) is 1.09. The molecule has 2 nitrogen and oxygen atoms in total. The highest BCUT2D eigenvalue weighted by Gasteiger charge is 2.04. The number of hydrogen-bond donors (Lipinski definition) is 1. The molecule has 1 aromatic rings. The molecular weight excluding hydrogens is 174 g/mol. The van der Waals surface area contributed by atoms with Crippen molar-refractivity contribution in [1.29, 1.82) is 5.41 Å². The summed E-state index contributed by atoms with van der Waals surface area (Å²) < 4.78 is 5.01. The monoisotopic (exact) mass is 183 g/mol. The van der Waals surface area contributed by atoms with Crippen LogP contribution in [0.5, 0.6) is 0 Å². The van der Waals surface area contributed by atoms with Crippen molar-refractivity contribution in [2.24, 2.45) is 0 Å². The van der Waals surface area contributed by atoms with Gasteiger partial charge in [0, 0.05) is 0 Å². The van der Waals surface area contributed by atoms with Gasteiger partial charge in [0.1, 0.15) is 0 Å². The van der Waals surface area contributed by atoms with E-state index in [0.29, 0.717) is 17.2 Å². The normalized spacial score (nSPS) is 9.50. The van der Waals surface area contributed by atoms with Crippen LogP contribution >= 0.6 is 11.6 Å². The molecule has 12 heavy (non-hydrogen) atoms. The van der Waals surface area contributed by atoms with Crippen molar-refractivity contribution in [3.63, 3.8) is 0 Å². The van der Waals surface area contributed by atoms with E-state index in [1.165, 1.54) is 0 Å². The molecule has 0 amide bonds. The zero-order valence-corrected chi connectivity index (χ0v) is 7.56. The Morgan fingerprint density at radius 2 is 2.17 bits per heavy atom. The highest BCUT2D eigenvalue weighted by molar-refractivity contribution is 6.33. The van der Waals surface area contributed by atoms with Gasteiger partial charge in [-0.2, -0.15) is 0 Å².